The van der Waals surface area contributed by atoms with Crippen LogP contribution in [0.3, 0.4) is 0 Å². The Bertz CT molecular complexity index is 1020. The van der Waals surface area contributed by atoms with Gasteiger partial charge in [-0.1, -0.05) is 24.3 Å². The van der Waals surface area contributed by atoms with Gasteiger partial charge in [0.25, 0.3) is 0 Å². The van der Waals surface area contributed by atoms with Gasteiger partial charge < -0.3 is 14.8 Å². The molecule has 1 aliphatic carbocycles. The Morgan fingerprint density at radius 1 is 0.967 bits per heavy atom. The van der Waals surface area contributed by atoms with Gasteiger partial charge >= 0.3 is 0 Å². The lowest BCUT2D eigenvalue weighted by Crippen LogP contribution is -2.21. The second-order valence-electron chi connectivity index (χ2n) is 7.38. The molecule has 0 spiro atoms. The predicted octanol–water partition coefficient (Wildman–Crippen LogP) is 4.06. The molecule has 0 bridgehead atoms. The summed E-state index contributed by atoms with van der Waals surface area (Å²) in [5.74, 6) is 2.44. The molecule has 30 heavy (non-hydrogen) atoms. The minimum Gasteiger partial charge on any atom is -0.497 e. The van der Waals surface area contributed by atoms with E-state index in [0.29, 0.717) is 24.5 Å². The van der Waals surface area contributed by atoms with Crippen molar-refractivity contribution in [1.82, 2.24) is 9.97 Å². The van der Waals surface area contributed by atoms with Gasteiger partial charge in [0.1, 0.15) is 11.5 Å². The summed E-state index contributed by atoms with van der Waals surface area (Å²) in [6.45, 7) is 0.709. The van der Waals surface area contributed by atoms with Crippen LogP contribution in [0.15, 0.2) is 54.7 Å². The summed E-state index contributed by atoms with van der Waals surface area (Å²) in [6.07, 6.45) is 3.71. The molecule has 1 unspecified atom stereocenters. The number of hydrogen-bond acceptors (Lipinski definition) is 6. The van der Waals surface area contributed by atoms with E-state index in [-0.39, 0.29) is 11.7 Å². The van der Waals surface area contributed by atoms with Crippen molar-refractivity contribution in [2.45, 2.75) is 25.2 Å². The molecule has 4 rings (SSSR count). The van der Waals surface area contributed by atoms with Gasteiger partial charge in [-0.25, -0.2) is 9.97 Å². The molecule has 0 saturated heterocycles. The monoisotopic (exact) mass is 403 g/mol. The quantitative estimate of drug-likeness (QED) is 0.641. The van der Waals surface area contributed by atoms with Crippen molar-refractivity contribution in [3.05, 3.63) is 77.1 Å². The first-order chi connectivity index (χ1) is 14.7. The lowest BCUT2D eigenvalue weighted by molar-refractivity contribution is 0.0962. The molecule has 1 atom stereocenters. The van der Waals surface area contributed by atoms with Gasteiger partial charge in [0.15, 0.2) is 5.78 Å². The highest BCUT2D eigenvalue weighted by atomic mass is 16.5. The van der Waals surface area contributed by atoms with E-state index in [1.165, 1.54) is 5.56 Å². The standard InChI is InChI=1S/C24H25N3O3/c1-29-19-7-3-16(4-8-19)11-12-25-24-26-15-21-22(27-24)13-18(14-23(21)28)17-5-9-20(30-2)10-6-17/h3-10,15,18H,11-14H2,1-2H3,(H,25,26,27). The molecule has 1 aliphatic rings. The molecule has 6 nitrogen and oxygen atoms in total. The van der Waals surface area contributed by atoms with Crippen LogP contribution in [0.5, 0.6) is 11.5 Å². The number of methoxy groups -OCH3 is 2. The average Bonchev–Trinajstić information content (AvgIpc) is 2.79. The molecule has 0 radical (unpaired) electrons. The van der Waals surface area contributed by atoms with E-state index < -0.39 is 0 Å². The fourth-order valence-corrected chi connectivity index (χ4v) is 3.75. The van der Waals surface area contributed by atoms with E-state index in [4.69, 9.17) is 9.47 Å². The van der Waals surface area contributed by atoms with Gasteiger partial charge in [0.2, 0.25) is 5.95 Å². The number of hydrogen-bond donors (Lipinski definition) is 1. The second kappa shape index (κ2) is 8.95. The van der Waals surface area contributed by atoms with Crippen LogP contribution in [0.25, 0.3) is 0 Å². The Balaban J connectivity index is 1.42. The van der Waals surface area contributed by atoms with Gasteiger partial charge in [0, 0.05) is 19.2 Å². The maximum absolute atomic E-state index is 12.6. The number of rotatable bonds is 7. The van der Waals surface area contributed by atoms with Gasteiger partial charge in [-0.15, -0.1) is 0 Å². The maximum atomic E-state index is 12.6. The number of nitrogens with zero attached hydrogens (tertiary/aromatic N) is 2. The highest BCUT2D eigenvalue weighted by Gasteiger charge is 2.28. The number of nitrogens with one attached hydrogen (secondary N) is 1. The summed E-state index contributed by atoms with van der Waals surface area (Å²) in [6, 6.07) is 15.9. The Morgan fingerprint density at radius 2 is 1.63 bits per heavy atom. The lowest BCUT2D eigenvalue weighted by atomic mass is 9.82. The van der Waals surface area contributed by atoms with E-state index >= 15 is 0 Å². The molecule has 2 aromatic carbocycles. The van der Waals surface area contributed by atoms with Gasteiger partial charge in [-0.3, -0.25) is 4.79 Å². The van der Waals surface area contributed by atoms with Crippen molar-refractivity contribution >= 4 is 11.7 Å². The van der Waals surface area contributed by atoms with Crippen LogP contribution in [-0.2, 0) is 12.8 Å². The van der Waals surface area contributed by atoms with Crippen LogP contribution in [-0.4, -0.2) is 36.5 Å². The number of ether oxygens (including phenoxy) is 2. The van der Waals surface area contributed by atoms with Crippen LogP contribution < -0.4 is 14.8 Å². The summed E-state index contributed by atoms with van der Waals surface area (Å²) in [5, 5.41) is 3.28. The highest BCUT2D eigenvalue weighted by Crippen LogP contribution is 2.32. The van der Waals surface area contributed by atoms with Crippen LogP contribution in [0.1, 0.15) is 39.5 Å². The fraction of sp³-hybridized carbons (Fsp3) is 0.292. The van der Waals surface area contributed by atoms with Gasteiger partial charge in [0.05, 0.1) is 25.5 Å². The number of benzene rings is 2. The summed E-state index contributed by atoms with van der Waals surface area (Å²) in [5.41, 5.74) is 3.79. The second-order valence-corrected chi connectivity index (χ2v) is 7.38. The topological polar surface area (TPSA) is 73.3 Å². The molecule has 0 saturated carbocycles. The first-order valence-electron chi connectivity index (χ1n) is 10.1. The zero-order valence-corrected chi connectivity index (χ0v) is 17.2. The molecular formula is C24H25N3O3. The summed E-state index contributed by atoms with van der Waals surface area (Å²) < 4.78 is 10.4. The van der Waals surface area contributed by atoms with Crippen molar-refractivity contribution < 1.29 is 14.3 Å². The molecular weight excluding hydrogens is 378 g/mol. The zero-order chi connectivity index (χ0) is 20.9. The number of carbonyl (C=O) groups excluding carboxylic acids is 1. The van der Waals surface area contributed by atoms with Crippen LogP contribution in [0.4, 0.5) is 5.95 Å². The fourth-order valence-electron chi connectivity index (χ4n) is 3.75. The highest BCUT2D eigenvalue weighted by molar-refractivity contribution is 5.98. The lowest BCUT2D eigenvalue weighted by Gasteiger charge is -2.23. The van der Waals surface area contributed by atoms with E-state index in [2.05, 4.69) is 15.3 Å². The largest absolute Gasteiger partial charge is 0.497 e. The van der Waals surface area contributed by atoms with Gasteiger partial charge in [-0.05, 0) is 54.2 Å². The Hall–Kier alpha value is -3.41. The van der Waals surface area contributed by atoms with Crippen molar-refractivity contribution in [2.24, 2.45) is 0 Å². The van der Waals surface area contributed by atoms with E-state index in [1.54, 1.807) is 20.4 Å². The molecule has 0 amide bonds. The third-order valence-electron chi connectivity index (χ3n) is 5.48. The molecule has 154 valence electrons. The van der Waals surface area contributed by atoms with Crippen LogP contribution in [0.2, 0.25) is 0 Å². The summed E-state index contributed by atoms with van der Waals surface area (Å²) in [4.78, 5) is 21.6. The zero-order valence-electron chi connectivity index (χ0n) is 17.2. The molecule has 1 aromatic heterocycles. The number of anilines is 1. The van der Waals surface area contributed by atoms with Gasteiger partial charge in [-0.2, -0.15) is 0 Å². The third-order valence-corrected chi connectivity index (χ3v) is 5.48. The number of carbonyl (C=O) groups is 1. The SMILES string of the molecule is COc1ccc(CCNc2ncc3c(n2)CC(c2ccc(OC)cc2)CC3=O)cc1. The minimum atomic E-state index is 0.0989. The summed E-state index contributed by atoms with van der Waals surface area (Å²) in [7, 11) is 3.31. The number of fused-ring (bicyclic) bond motifs is 1. The van der Waals surface area contributed by atoms with Crippen molar-refractivity contribution in [2.75, 3.05) is 26.1 Å². The first-order valence-corrected chi connectivity index (χ1v) is 10.1. The maximum Gasteiger partial charge on any atom is 0.222 e. The number of Topliss-reactive ketones (excluding diaryl/α,β-unsaturated/α-hetero) is 1. The number of ketones is 1. The van der Waals surface area contributed by atoms with Crippen LogP contribution >= 0.6 is 0 Å². The third kappa shape index (κ3) is 4.43. The normalized spacial score (nSPS) is 15.4. The van der Waals surface area contributed by atoms with Crippen molar-refractivity contribution in [3.63, 3.8) is 0 Å². The predicted molar refractivity (Wildman–Crippen MR) is 116 cm³/mol. The average molecular weight is 403 g/mol. The number of aromatic nitrogens is 2. The first kappa shape index (κ1) is 19.9. The Morgan fingerprint density at radius 3 is 2.30 bits per heavy atom. The Labute approximate surface area is 176 Å². The molecule has 6 heteroatoms. The molecule has 3 aromatic rings. The Kier molecular flexibility index (Phi) is 5.93. The molecule has 1 heterocycles. The van der Waals surface area contributed by atoms with E-state index in [1.807, 2.05) is 48.5 Å². The van der Waals surface area contributed by atoms with E-state index in [9.17, 15) is 4.79 Å². The molecule has 0 aliphatic heterocycles. The minimum absolute atomic E-state index is 0.0989. The molecule has 0 fully saturated rings. The van der Waals surface area contributed by atoms with E-state index in [0.717, 1.165) is 35.6 Å². The summed E-state index contributed by atoms with van der Waals surface area (Å²) >= 11 is 0. The van der Waals surface area contributed by atoms with Crippen molar-refractivity contribution in [3.8, 4) is 11.5 Å². The van der Waals surface area contributed by atoms with Crippen molar-refractivity contribution in [1.29, 1.82) is 0 Å². The smallest absolute Gasteiger partial charge is 0.222 e. The van der Waals surface area contributed by atoms with Crippen LogP contribution in [0, 0.1) is 0 Å². The molecule has 1 N–H and O–H groups in total.